The third kappa shape index (κ3) is 10.7. The zero-order chi connectivity index (χ0) is 17.2. The van der Waals surface area contributed by atoms with Gasteiger partial charge in [-0.15, -0.1) is 0 Å². The van der Waals surface area contributed by atoms with Crippen LogP contribution in [0.25, 0.3) is 0 Å². The van der Waals surface area contributed by atoms with Gasteiger partial charge in [0.05, 0.1) is 0 Å². The molecular formula is C16H30O6. The molecule has 2 rings (SSSR count). The van der Waals surface area contributed by atoms with Crippen LogP contribution in [-0.4, -0.2) is 43.1 Å². The summed E-state index contributed by atoms with van der Waals surface area (Å²) in [6, 6.07) is 0. The summed E-state index contributed by atoms with van der Waals surface area (Å²) in [5.41, 5.74) is 0.424. The van der Waals surface area contributed by atoms with Crippen LogP contribution in [0.4, 0.5) is 0 Å². The lowest BCUT2D eigenvalue weighted by Gasteiger charge is -2.11. The molecule has 0 aromatic carbocycles. The molecule has 2 fully saturated rings. The van der Waals surface area contributed by atoms with E-state index in [1.807, 2.05) is 6.92 Å². The fourth-order valence-corrected chi connectivity index (χ4v) is 2.28. The van der Waals surface area contributed by atoms with Gasteiger partial charge in [-0.05, 0) is 39.0 Å². The SMILES string of the molecule is CCC=C(C)C(=O)O.OC1(O)CCCC1.OC1(O)CCCC1. The predicted octanol–water partition coefficient (Wildman–Crippen LogP) is 1.91. The molecule has 0 aliphatic heterocycles. The van der Waals surface area contributed by atoms with Crippen molar-refractivity contribution in [2.45, 2.75) is 83.2 Å². The van der Waals surface area contributed by atoms with Crippen LogP contribution >= 0.6 is 0 Å². The molecule has 0 saturated heterocycles. The van der Waals surface area contributed by atoms with Gasteiger partial charge in [-0.1, -0.05) is 13.0 Å². The molecule has 0 bridgehead atoms. The Morgan fingerprint density at radius 1 is 0.909 bits per heavy atom. The Kier molecular flexibility index (Phi) is 9.51. The van der Waals surface area contributed by atoms with E-state index in [1.165, 1.54) is 0 Å². The number of carbonyl (C=O) groups is 1. The molecule has 0 aromatic heterocycles. The van der Waals surface area contributed by atoms with E-state index in [9.17, 15) is 4.79 Å². The van der Waals surface area contributed by atoms with Gasteiger partial charge in [-0.2, -0.15) is 0 Å². The molecule has 0 heterocycles. The van der Waals surface area contributed by atoms with Gasteiger partial charge < -0.3 is 25.5 Å². The third-order valence-electron chi connectivity index (χ3n) is 3.66. The maximum Gasteiger partial charge on any atom is 0.330 e. The first-order chi connectivity index (χ1) is 10.1. The van der Waals surface area contributed by atoms with Crippen molar-refractivity contribution in [1.29, 1.82) is 0 Å². The number of hydrogen-bond donors (Lipinski definition) is 5. The Morgan fingerprint density at radius 2 is 1.23 bits per heavy atom. The zero-order valence-corrected chi connectivity index (χ0v) is 13.6. The molecule has 2 aliphatic carbocycles. The van der Waals surface area contributed by atoms with E-state index in [1.54, 1.807) is 13.0 Å². The zero-order valence-electron chi connectivity index (χ0n) is 13.6. The van der Waals surface area contributed by atoms with Crippen molar-refractivity contribution in [2.75, 3.05) is 0 Å². The molecule has 5 N–H and O–H groups in total. The summed E-state index contributed by atoms with van der Waals surface area (Å²) in [4.78, 5) is 10.0. The first-order valence-electron chi connectivity index (χ1n) is 7.89. The van der Waals surface area contributed by atoms with Crippen LogP contribution in [-0.2, 0) is 4.79 Å². The Bertz CT molecular complexity index is 324. The van der Waals surface area contributed by atoms with Gasteiger partial charge in [-0.3, -0.25) is 0 Å². The highest BCUT2D eigenvalue weighted by atomic mass is 16.5. The predicted molar refractivity (Wildman–Crippen MR) is 83.0 cm³/mol. The van der Waals surface area contributed by atoms with Gasteiger partial charge in [0.2, 0.25) is 0 Å². The summed E-state index contributed by atoms with van der Waals surface area (Å²) in [6.07, 6.45) is 8.58. The minimum absolute atomic E-state index is 0.424. The Morgan fingerprint density at radius 3 is 1.32 bits per heavy atom. The molecule has 0 amide bonds. The van der Waals surface area contributed by atoms with Gasteiger partial charge >= 0.3 is 5.97 Å². The average molecular weight is 318 g/mol. The quantitative estimate of drug-likeness (QED) is 0.392. The van der Waals surface area contributed by atoms with Crippen LogP contribution < -0.4 is 0 Å². The lowest BCUT2D eigenvalue weighted by Crippen LogP contribution is -2.21. The molecular weight excluding hydrogens is 288 g/mol. The Labute approximate surface area is 132 Å². The van der Waals surface area contributed by atoms with E-state index in [0.29, 0.717) is 31.3 Å². The van der Waals surface area contributed by atoms with Gasteiger partial charge in [-0.25, -0.2) is 4.79 Å². The summed E-state index contributed by atoms with van der Waals surface area (Å²) in [7, 11) is 0. The molecule has 6 heteroatoms. The third-order valence-corrected chi connectivity index (χ3v) is 3.66. The first-order valence-corrected chi connectivity index (χ1v) is 7.89. The Balaban J connectivity index is 0.000000301. The first kappa shape index (κ1) is 21.0. The molecule has 0 atom stereocenters. The normalized spacial score (nSPS) is 22.2. The number of allylic oxidation sites excluding steroid dienone is 1. The fraction of sp³-hybridized carbons (Fsp3) is 0.812. The maximum absolute atomic E-state index is 10.0. The summed E-state index contributed by atoms with van der Waals surface area (Å²) in [6.45, 7) is 3.50. The number of hydrogen-bond acceptors (Lipinski definition) is 5. The molecule has 2 aliphatic rings. The van der Waals surface area contributed by atoms with E-state index in [2.05, 4.69) is 0 Å². The lowest BCUT2D eigenvalue weighted by molar-refractivity contribution is -0.153. The van der Waals surface area contributed by atoms with Crippen LogP contribution in [0, 0.1) is 0 Å². The number of carboxylic acid groups (broad SMARTS) is 1. The van der Waals surface area contributed by atoms with Gasteiger partial charge in [0.25, 0.3) is 0 Å². The molecule has 0 aromatic rings. The molecule has 22 heavy (non-hydrogen) atoms. The van der Waals surface area contributed by atoms with E-state index in [-0.39, 0.29) is 0 Å². The molecule has 0 unspecified atom stereocenters. The van der Waals surface area contributed by atoms with Crippen molar-refractivity contribution in [3.8, 4) is 0 Å². The van der Waals surface area contributed by atoms with Crippen LogP contribution in [0.2, 0.25) is 0 Å². The van der Waals surface area contributed by atoms with Crippen LogP contribution in [0.5, 0.6) is 0 Å². The van der Waals surface area contributed by atoms with Crippen molar-refractivity contribution >= 4 is 5.97 Å². The molecule has 130 valence electrons. The van der Waals surface area contributed by atoms with Gasteiger partial charge in [0.15, 0.2) is 11.6 Å². The van der Waals surface area contributed by atoms with Gasteiger partial charge in [0, 0.05) is 31.3 Å². The van der Waals surface area contributed by atoms with Crippen molar-refractivity contribution in [1.82, 2.24) is 0 Å². The summed E-state index contributed by atoms with van der Waals surface area (Å²) >= 11 is 0. The molecule has 6 nitrogen and oxygen atoms in total. The highest BCUT2D eigenvalue weighted by Gasteiger charge is 2.27. The van der Waals surface area contributed by atoms with Crippen molar-refractivity contribution < 1.29 is 30.3 Å². The number of rotatable bonds is 2. The monoisotopic (exact) mass is 318 g/mol. The van der Waals surface area contributed by atoms with E-state index < -0.39 is 17.5 Å². The van der Waals surface area contributed by atoms with Crippen molar-refractivity contribution in [3.05, 3.63) is 11.6 Å². The number of aliphatic hydroxyl groups is 4. The minimum atomic E-state index is -1.31. The summed E-state index contributed by atoms with van der Waals surface area (Å²) in [5.74, 6) is -3.44. The number of aliphatic carboxylic acids is 1. The summed E-state index contributed by atoms with van der Waals surface area (Å²) in [5, 5.41) is 43.2. The average Bonchev–Trinajstić information content (AvgIpc) is 2.99. The molecule has 0 spiro atoms. The second-order valence-corrected chi connectivity index (χ2v) is 5.98. The van der Waals surface area contributed by atoms with Gasteiger partial charge in [0.1, 0.15) is 0 Å². The van der Waals surface area contributed by atoms with Crippen LogP contribution in [0.3, 0.4) is 0 Å². The summed E-state index contributed by atoms with van der Waals surface area (Å²) < 4.78 is 0. The highest BCUT2D eigenvalue weighted by molar-refractivity contribution is 5.85. The highest BCUT2D eigenvalue weighted by Crippen LogP contribution is 2.26. The second kappa shape index (κ2) is 9.94. The van der Waals surface area contributed by atoms with E-state index in [4.69, 9.17) is 25.5 Å². The standard InChI is InChI=1S/C6H10O2.2C5H10O2/c1-3-4-5(2)6(7)8;2*6-5(7)3-1-2-4-5/h4H,3H2,1-2H3,(H,7,8);2*6-7H,1-4H2. The van der Waals surface area contributed by atoms with E-state index in [0.717, 1.165) is 32.1 Å². The second-order valence-electron chi connectivity index (χ2n) is 5.98. The Hall–Kier alpha value is -0.950. The molecule has 0 radical (unpaired) electrons. The topological polar surface area (TPSA) is 118 Å². The van der Waals surface area contributed by atoms with Crippen molar-refractivity contribution in [2.24, 2.45) is 0 Å². The maximum atomic E-state index is 10.0. The lowest BCUT2D eigenvalue weighted by atomic mass is 10.2. The number of carboxylic acids is 1. The van der Waals surface area contributed by atoms with Crippen LogP contribution in [0.15, 0.2) is 11.6 Å². The van der Waals surface area contributed by atoms with E-state index >= 15 is 0 Å². The minimum Gasteiger partial charge on any atom is -0.478 e. The van der Waals surface area contributed by atoms with Crippen molar-refractivity contribution in [3.63, 3.8) is 0 Å². The largest absolute Gasteiger partial charge is 0.478 e. The van der Waals surface area contributed by atoms with Crippen LogP contribution in [0.1, 0.15) is 71.6 Å². The fourth-order valence-electron chi connectivity index (χ4n) is 2.28. The smallest absolute Gasteiger partial charge is 0.330 e. The molecule has 2 saturated carbocycles.